The second-order valence-electron chi connectivity index (χ2n) is 6.48. The minimum atomic E-state index is -0.271. The Hall–Kier alpha value is -0.880. The Labute approximate surface area is 123 Å². The Morgan fingerprint density at radius 2 is 1.89 bits per heavy atom. The smallest absolute Gasteiger partial charge is 0.137 e. The van der Waals surface area contributed by atoms with Crippen LogP contribution in [0.1, 0.15) is 45.1 Å². The van der Waals surface area contributed by atoms with E-state index < -0.39 is 0 Å². The Bertz CT molecular complexity index is 506. The molecule has 0 spiro atoms. The SMILES string of the molecule is CC1(C)CCC(C#N)(Cc2ccc(F)c(Br)c2)CC1. The Balaban J connectivity index is 2.16. The van der Waals surface area contributed by atoms with E-state index in [-0.39, 0.29) is 11.2 Å². The lowest BCUT2D eigenvalue weighted by Gasteiger charge is -2.39. The minimum Gasteiger partial charge on any atom is -0.206 e. The highest BCUT2D eigenvalue weighted by atomic mass is 79.9. The number of benzene rings is 1. The zero-order chi connectivity index (χ0) is 14.1. The van der Waals surface area contributed by atoms with Gasteiger partial charge in [0.2, 0.25) is 0 Å². The minimum absolute atomic E-state index is 0.250. The predicted octanol–water partition coefficient (Wildman–Crippen LogP) is 5.24. The van der Waals surface area contributed by atoms with Crippen molar-refractivity contribution in [3.05, 3.63) is 34.1 Å². The molecule has 0 heterocycles. The molecule has 0 N–H and O–H groups in total. The monoisotopic (exact) mass is 323 g/mol. The molecule has 3 heteroatoms. The van der Waals surface area contributed by atoms with Gasteiger partial charge >= 0.3 is 0 Å². The summed E-state index contributed by atoms with van der Waals surface area (Å²) in [6.45, 7) is 4.53. The molecule has 0 amide bonds. The molecule has 1 aromatic rings. The standard InChI is InChI=1S/C16H19BrFN/c1-15(2)5-7-16(11-19,8-6-15)10-12-3-4-14(18)13(17)9-12/h3-4,9H,5-8,10H2,1-2H3. The van der Waals surface area contributed by atoms with Crippen LogP contribution in [0, 0.1) is 28.0 Å². The molecule has 0 atom stereocenters. The van der Waals surface area contributed by atoms with Gasteiger partial charge in [0.15, 0.2) is 0 Å². The summed E-state index contributed by atoms with van der Waals surface area (Å²) in [6.07, 6.45) is 4.77. The normalized spacial score (nSPS) is 20.8. The van der Waals surface area contributed by atoms with E-state index >= 15 is 0 Å². The number of hydrogen-bond acceptors (Lipinski definition) is 1. The van der Waals surface area contributed by atoms with Crippen LogP contribution in [0.3, 0.4) is 0 Å². The molecule has 1 nitrogen and oxygen atoms in total. The second kappa shape index (κ2) is 5.25. The highest BCUT2D eigenvalue weighted by molar-refractivity contribution is 9.10. The van der Waals surface area contributed by atoms with Gasteiger partial charge in [-0.1, -0.05) is 19.9 Å². The van der Waals surface area contributed by atoms with Gasteiger partial charge in [0.05, 0.1) is 16.0 Å². The summed E-state index contributed by atoms with van der Waals surface area (Å²) in [4.78, 5) is 0. The molecule has 102 valence electrons. The van der Waals surface area contributed by atoms with Crippen LogP contribution in [0.15, 0.2) is 22.7 Å². The summed E-state index contributed by atoms with van der Waals surface area (Å²) in [5, 5.41) is 9.56. The zero-order valence-electron chi connectivity index (χ0n) is 11.5. The number of nitriles is 1. The number of halogens is 2. The van der Waals surface area contributed by atoms with E-state index in [2.05, 4.69) is 35.8 Å². The number of hydrogen-bond donors (Lipinski definition) is 0. The van der Waals surface area contributed by atoms with Crippen LogP contribution in [-0.4, -0.2) is 0 Å². The van der Waals surface area contributed by atoms with Crippen molar-refractivity contribution in [1.82, 2.24) is 0 Å². The maximum absolute atomic E-state index is 13.2. The quantitative estimate of drug-likeness (QED) is 0.730. The third-order valence-electron chi connectivity index (χ3n) is 4.32. The van der Waals surface area contributed by atoms with Crippen LogP contribution >= 0.6 is 15.9 Å². The first-order valence-corrected chi connectivity index (χ1v) is 7.50. The first-order chi connectivity index (χ1) is 8.86. The number of nitrogens with zero attached hydrogens (tertiary/aromatic N) is 1. The summed E-state index contributed by atoms with van der Waals surface area (Å²) in [5.41, 5.74) is 1.12. The van der Waals surface area contributed by atoms with Crippen LogP contribution in [-0.2, 0) is 6.42 Å². The van der Waals surface area contributed by atoms with E-state index in [4.69, 9.17) is 0 Å². The average Bonchev–Trinajstić information content (AvgIpc) is 2.37. The van der Waals surface area contributed by atoms with Gasteiger partial charge in [-0.15, -0.1) is 0 Å². The summed E-state index contributed by atoms with van der Waals surface area (Å²) >= 11 is 3.21. The molecule has 0 aliphatic heterocycles. The van der Waals surface area contributed by atoms with Crippen molar-refractivity contribution in [3.63, 3.8) is 0 Å². The van der Waals surface area contributed by atoms with Crippen LogP contribution in [0.5, 0.6) is 0 Å². The predicted molar refractivity (Wildman–Crippen MR) is 78.1 cm³/mol. The highest BCUT2D eigenvalue weighted by Gasteiger charge is 2.38. The van der Waals surface area contributed by atoms with Crippen LogP contribution in [0.2, 0.25) is 0 Å². The molecule has 0 aromatic heterocycles. The maximum Gasteiger partial charge on any atom is 0.137 e. The van der Waals surface area contributed by atoms with E-state index in [0.717, 1.165) is 37.7 Å². The first-order valence-electron chi connectivity index (χ1n) is 6.71. The largest absolute Gasteiger partial charge is 0.206 e. The van der Waals surface area contributed by atoms with Gasteiger partial charge in [0.1, 0.15) is 5.82 Å². The second-order valence-corrected chi connectivity index (χ2v) is 7.34. The van der Waals surface area contributed by atoms with Gasteiger partial charge in [-0.25, -0.2) is 4.39 Å². The van der Waals surface area contributed by atoms with Crippen molar-refractivity contribution in [2.45, 2.75) is 46.0 Å². The summed E-state index contributed by atoms with van der Waals surface area (Å²) < 4.78 is 13.7. The third-order valence-corrected chi connectivity index (χ3v) is 4.93. The van der Waals surface area contributed by atoms with E-state index in [9.17, 15) is 9.65 Å². The number of rotatable bonds is 2. The highest BCUT2D eigenvalue weighted by Crippen LogP contribution is 2.46. The zero-order valence-corrected chi connectivity index (χ0v) is 13.1. The average molecular weight is 324 g/mol. The van der Waals surface area contributed by atoms with Gasteiger partial charge in [-0.05, 0) is 71.1 Å². The van der Waals surface area contributed by atoms with E-state index in [0.29, 0.717) is 9.89 Å². The van der Waals surface area contributed by atoms with E-state index in [1.807, 2.05) is 0 Å². The summed E-state index contributed by atoms with van der Waals surface area (Å²) in [7, 11) is 0. The van der Waals surface area contributed by atoms with Crippen LogP contribution < -0.4 is 0 Å². The third kappa shape index (κ3) is 3.36. The van der Waals surface area contributed by atoms with Crippen LogP contribution in [0.4, 0.5) is 4.39 Å². The van der Waals surface area contributed by atoms with Crippen molar-refractivity contribution in [3.8, 4) is 6.07 Å². The molecular weight excluding hydrogens is 305 g/mol. The lowest BCUT2D eigenvalue weighted by atomic mass is 9.64. The molecule has 1 aliphatic carbocycles. The fourth-order valence-electron chi connectivity index (χ4n) is 2.77. The fraction of sp³-hybridized carbons (Fsp3) is 0.562. The van der Waals surface area contributed by atoms with E-state index in [1.165, 1.54) is 6.07 Å². The molecule has 1 aliphatic rings. The molecular formula is C16H19BrFN. The topological polar surface area (TPSA) is 23.8 Å². The summed E-state index contributed by atoms with van der Waals surface area (Å²) in [5.74, 6) is -0.250. The lowest BCUT2D eigenvalue weighted by molar-refractivity contribution is 0.146. The first kappa shape index (κ1) is 14.5. The van der Waals surface area contributed by atoms with E-state index in [1.54, 1.807) is 12.1 Å². The molecule has 1 saturated carbocycles. The van der Waals surface area contributed by atoms with Crippen LogP contribution in [0.25, 0.3) is 0 Å². The molecule has 1 fully saturated rings. The maximum atomic E-state index is 13.2. The molecule has 19 heavy (non-hydrogen) atoms. The van der Waals surface area contributed by atoms with Gasteiger partial charge in [0.25, 0.3) is 0 Å². The van der Waals surface area contributed by atoms with Gasteiger partial charge in [0, 0.05) is 0 Å². The molecule has 0 radical (unpaired) electrons. The molecule has 1 aromatic carbocycles. The van der Waals surface area contributed by atoms with Gasteiger partial charge < -0.3 is 0 Å². The van der Waals surface area contributed by atoms with Crippen molar-refractivity contribution in [1.29, 1.82) is 5.26 Å². The fourth-order valence-corrected chi connectivity index (χ4v) is 3.20. The lowest BCUT2D eigenvalue weighted by Crippen LogP contribution is -2.31. The summed E-state index contributed by atoms with van der Waals surface area (Å²) in [6, 6.07) is 7.59. The molecule has 0 saturated heterocycles. The van der Waals surface area contributed by atoms with Crippen molar-refractivity contribution in [2.75, 3.05) is 0 Å². The van der Waals surface area contributed by atoms with Crippen molar-refractivity contribution >= 4 is 15.9 Å². The van der Waals surface area contributed by atoms with Crippen molar-refractivity contribution < 1.29 is 4.39 Å². The Kier molecular flexibility index (Phi) is 4.01. The Morgan fingerprint density at radius 1 is 1.26 bits per heavy atom. The van der Waals surface area contributed by atoms with Gasteiger partial charge in [-0.2, -0.15) is 5.26 Å². The van der Waals surface area contributed by atoms with Crippen molar-refractivity contribution in [2.24, 2.45) is 10.8 Å². The molecule has 0 bridgehead atoms. The Morgan fingerprint density at radius 3 is 2.42 bits per heavy atom. The van der Waals surface area contributed by atoms with Gasteiger partial charge in [-0.3, -0.25) is 0 Å². The molecule has 2 rings (SSSR count). The molecule has 0 unspecified atom stereocenters.